The zero-order valence-corrected chi connectivity index (χ0v) is 14.1. The molecule has 1 aromatic heterocycles. The number of amides is 1. The maximum atomic E-state index is 13.1. The highest BCUT2D eigenvalue weighted by atomic mass is 16.2. The van der Waals surface area contributed by atoms with Gasteiger partial charge in [-0.25, -0.2) is 4.99 Å². The molecular weight excluding hydrogens is 324 g/mol. The summed E-state index contributed by atoms with van der Waals surface area (Å²) in [7, 11) is 0. The minimum absolute atomic E-state index is 0.136. The average Bonchev–Trinajstić information content (AvgIpc) is 3.06. The third-order valence-corrected chi connectivity index (χ3v) is 4.46. The second-order valence-corrected chi connectivity index (χ2v) is 6.08. The number of aromatic nitrogens is 1. The van der Waals surface area contributed by atoms with E-state index in [2.05, 4.69) is 20.6 Å². The second kappa shape index (κ2) is 6.80. The van der Waals surface area contributed by atoms with Gasteiger partial charge in [-0.2, -0.15) is 0 Å². The van der Waals surface area contributed by atoms with E-state index in [-0.39, 0.29) is 5.91 Å². The highest BCUT2D eigenvalue weighted by Gasteiger charge is 2.48. The van der Waals surface area contributed by atoms with Crippen LogP contribution in [0.1, 0.15) is 16.7 Å². The van der Waals surface area contributed by atoms with Gasteiger partial charge in [-0.1, -0.05) is 60.7 Å². The molecule has 1 amide bonds. The van der Waals surface area contributed by atoms with E-state index in [1.54, 1.807) is 12.4 Å². The van der Waals surface area contributed by atoms with Crippen molar-refractivity contribution in [1.29, 1.82) is 0 Å². The van der Waals surface area contributed by atoms with E-state index in [4.69, 9.17) is 0 Å². The fourth-order valence-corrected chi connectivity index (χ4v) is 3.15. The Morgan fingerprint density at radius 3 is 2.00 bits per heavy atom. The monoisotopic (exact) mass is 342 g/mol. The first kappa shape index (κ1) is 16.0. The topological polar surface area (TPSA) is 66.4 Å². The Labute approximate surface area is 151 Å². The Bertz CT molecular complexity index is 884. The van der Waals surface area contributed by atoms with E-state index < -0.39 is 5.54 Å². The molecule has 5 nitrogen and oxygen atoms in total. The van der Waals surface area contributed by atoms with Crippen molar-refractivity contribution < 1.29 is 4.79 Å². The molecule has 3 aromatic rings. The van der Waals surface area contributed by atoms with Crippen LogP contribution in [-0.2, 0) is 16.9 Å². The highest BCUT2D eigenvalue weighted by molar-refractivity contribution is 6.11. The molecule has 2 N–H and O–H groups in total. The van der Waals surface area contributed by atoms with Gasteiger partial charge in [0.2, 0.25) is 0 Å². The Kier molecular flexibility index (Phi) is 4.19. The van der Waals surface area contributed by atoms with Crippen molar-refractivity contribution in [1.82, 2.24) is 15.6 Å². The second-order valence-electron chi connectivity index (χ2n) is 6.08. The number of hydrogen-bond donors (Lipinski definition) is 2. The molecule has 0 saturated carbocycles. The van der Waals surface area contributed by atoms with E-state index in [1.807, 2.05) is 72.8 Å². The zero-order valence-electron chi connectivity index (χ0n) is 14.1. The lowest BCUT2D eigenvalue weighted by molar-refractivity contribution is -0.122. The number of carbonyl (C=O) groups excluding carboxylic acids is 1. The number of rotatable bonds is 4. The molecule has 0 aliphatic carbocycles. The van der Waals surface area contributed by atoms with Gasteiger partial charge in [0.05, 0.1) is 6.54 Å². The molecular formula is C21H18N4O. The van der Waals surface area contributed by atoms with Gasteiger partial charge < -0.3 is 5.32 Å². The zero-order chi connectivity index (χ0) is 17.8. The number of aliphatic imine (C=N–C) groups is 1. The van der Waals surface area contributed by atoms with Gasteiger partial charge >= 0.3 is 0 Å². The minimum atomic E-state index is -0.987. The van der Waals surface area contributed by atoms with Crippen LogP contribution in [0, 0.1) is 0 Å². The summed E-state index contributed by atoms with van der Waals surface area (Å²) in [5.41, 5.74) is 1.79. The van der Waals surface area contributed by atoms with E-state index in [9.17, 15) is 4.79 Å². The Morgan fingerprint density at radius 1 is 0.846 bits per heavy atom. The molecule has 1 fully saturated rings. The fourth-order valence-electron chi connectivity index (χ4n) is 3.15. The molecule has 0 bridgehead atoms. The van der Waals surface area contributed by atoms with Crippen molar-refractivity contribution in [3.63, 3.8) is 0 Å². The van der Waals surface area contributed by atoms with Gasteiger partial charge in [-0.05, 0) is 28.8 Å². The molecule has 0 atom stereocenters. The van der Waals surface area contributed by atoms with Gasteiger partial charge in [0.25, 0.3) is 5.91 Å². The first-order valence-electron chi connectivity index (χ1n) is 8.43. The van der Waals surface area contributed by atoms with Crippen LogP contribution in [0.4, 0.5) is 0 Å². The molecule has 2 aromatic carbocycles. The summed E-state index contributed by atoms with van der Waals surface area (Å²) >= 11 is 0. The number of pyridine rings is 1. The van der Waals surface area contributed by atoms with E-state index in [1.165, 1.54) is 0 Å². The quantitative estimate of drug-likeness (QED) is 0.766. The average molecular weight is 342 g/mol. The fraction of sp³-hybridized carbons (Fsp3) is 0.0952. The van der Waals surface area contributed by atoms with Crippen LogP contribution in [-0.4, -0.2) is 16.9 Å². The summed E-state index contributed by atoms with van der Waals surface area (Å²) in [5, 5.41) is 6.23. The number of nitrogens with zero attached hydrogens (tertiary/aromatic N) is 2. The predicted molar refractivity (Wildman–Crippen MR) is 100 cm³/mol. The van der Waals surface area contributed by atoms with Crippen molar-refractivity contribution in [3.8, 4) is 0 Å². The van der Waals surface area contributed by atoms with Crippen LogP contribution in [0.25, 0.3) is 0 Å². The highest BCUT2D eigenvalue weighted by Crippen LogP contribution is 2.32. The Morgan fingerprint density at radius 2 is 1.42 bits per heavy atom. The summed E-state index contributed by atoms with van der Waals surface area (Å²) in [6, 6.07) is 23.2. The molecule has 0 unspecified atom stereocenters. The van der Waals surface area contributed by atoms with Crippen LogP contribution in [0.2, 0.25) is 0 Å². The van der Waals surface area contributed by atoms with E-state index in [0.717, 1.165) is 16.7 Å². The van der Waals surface area contributed by atoms with Crippen LogP contribution in [0.15, 0.2) is 90.2 Å². The Balaban J connectivity index is 1.72. The molecule has 4 rings (SSSR count). The molecule has 2 heterocycles. The predicted octanol–water partition coefficient (Wildman–Crippen LogP) is 2.60. The summed E-state index contributed by atoms with van der Waals surface area (Å²) in [4.78, 5) is 21.6. The minimum Gasteiger partial charge on any atom is -0.334 e. The molecule has 1 saturated heterocycles. The number of nitrogens with one attached hydrogen (secondary N) is 2. The Hall–Kier alpha value is -3.47. The maximum absolute atomic E-state index is 13.1. The molecule has 1 aliphatic rings. The van der Waals surface area contributed by atoms with Crippen molar-refractivity contribution in [2.45, 2.75) is 12.1 Å². The number of benzene rings is 2. The summed E-state index contributed by atoms with van der Waals surface area (Å²) in [6.07, 6.45) is 3.46. The molecule has 1 aliphatic heterocycles. The maximum Gasteiger partial charge on any atom is 0.261 e. The smallest absolute Gasteiger partial charge is 0.261 e. The summed E-state index contributed by atoms with van der Waals surface area (Å²) < 4.78 is 0. The third kappa shape index (κ3) is 2.84. The van der Waals surface area contributed by atoms with Crippen LogP contribution >= 0.6 is 0 Å². The SMILES string of the molecule is O=C1NC(=NCc2ccncc2)NC1(c1ccccc1)c1ccccc1. The largest absolute Gasteiger partial charge is 0.334 e. The summed E-state index contributed by atoms with van der Waals surface area (Å²) in [6.45, 7) is 0.463. The lowest BCUT2D eigenvalue weighted by Gasteiger charge is -2.27. The molecule has 5 heteroatoms. The van der Waals surface area contributed by atoms with Crippen LogP contribution < -0.4 is 10.6 Å². The van der Waals surface area contributed by atoms with Crippen molar-refractivity contribution in [2.24, 2.45) is 4.99 Å². The first-order valence-corrected chi connectivity index (χ1v) is 8.43. The first-order chi connectivity index (χ1) is 12.8. The number of carbonyl (C=O) groups is 1. The van der Waals surface area contributed by atoms with Crippen molar-refractivity contribution in [2.75, 3.05) is 0 Å². The molecule has 26 heavy (non-hydrogen) atoms. The standard InChI is InChI=1S/C21H18N4O/c26-19-21(17-7-3-1-4-8-17,18-9-5-2-6-10-18)25-20(24-19)23-15-16-11-13-22-14-12-16/h1-14H,15H2,(H2,23,24,25,26). The van der Waals surface area contributed by atoms with Crippen molar-refractivity contribution >= 4 is 11.9 Å². The van der Waals surface area contributed by atoms with Crippen LogP contribution in [0.5, 0.6) is 0 Å². The van der Waals surface area contributed by atoms with E-state index >= 15 is 0 Å². The molecule has 0 spiro atoms. The number of hydrogen-bond acceptors (Lipinski definition) is 3. The lowest BCUT2D eigenvalue weighted by atomic mass is 9.83. The van der Waals surface area contributed by atoms with Gasteiger partial charge in [0.15, 0.2) is 11.5 Å². The van der Waals surface area contributed by atoms with E-state index in [0.29, 0.717) is 12.5 Å². The number of guanidine groups is 1. The van der Waals surface area contributed by atoms with Gasteiger partial charge in [0.1, 0.15) is 0 Å². The third-order valence-electron chi connectivity index (χ3n) is 4.46. The van der Waals surface area contributed by atoms with Gasteiger partial charge in [0, 0.05) is 12.4 Å². The van der Waals surface area contributed by atoms with Gasteiger partial charge in [-0.3, -0.25) is 15.1 Å². The normalized spacial score (nSPS) is 16.9. The van der Waals surface area contributed by atoms with Gasteiger partial charge in [-0.15, -0.1) is 0 Å². The summed E-state index contributed by atoms with van der Waals surface area (Å²) in [5.74, 6) is 0.336. The van der Waals surface area contributed by atoms with Crippen LogP contribution in [0.3, 0.4) is 0 Å². The van der Waals surface area contributed by atoms with Crippen molar-refractivity contribution in [3.05, 3.63) is 102 Å². The molecule has 0 radical (unpaired) electrons. The molecule has 128 valence electrons. The lowest BCUT2D eigenvalue weighted by Crippen LogP contribution is -2.45.